The summed E-state index contributed by atoms with van der Waals surface area (Å²) < 4.78 is 0.987. The van der Waals surface area contributed by atoms with Crippen molar-refractivity contribution < 1.29 is 9.72 Å². The maximum atomic E-state index is 11.7. The molecule has 2 rings (SSSR count). The van der Waals surface area contributed by atoms with E-state index in [1.165, 1.54) is 18.2 Å². The molecule has 0 aliphatic carbocycles. The van der Waals surface area contributed by atoms with Crippen molar-refractivity contribution in [2.75, 3.05) is 0 Å². The predicted molar refractivity (Wildman–Crippen MR) is 88.1 cm³/mol. The van der Waals surface area contributed by atoms with Crippen molar-refractivity contribution in [1.82, 2.24) is 5.32 Å². The molecule has 1 amide bonds. The van der Waals surface area contributed by atoms with Gasteiger partial charge < -0.3 is 5.32 Å². The first-order valence-electron chi connectivity index (χ1n) is 6.49. The topological polar surface area (TPSA) is 72.2 Å². The molecule has 1 N–H and O–H groups in total. The number of carbonyl (C=O) groups excluding carboxylic acids is 1. The van der Waals surface area contributed by atoms with Gasteiger partial charge in [0.1, 0.15) is 0 Å². The Morgan fingerprint density at radius 3 is 2.36 bits per heavy atom. The van der Waals surface area contributed by atoms with Crippen LogP contribution in [0.1, 0.15) is 11.1 Å². The minimum atomic E-state index is -0.460. The lowest BCUT2D eigenvalue weighted by Gasteiger charge is -2.02. The summed E-state index contributed by atoms with van der Waals surface area (Å²) in [4.78, 5) is 21.8. The number of amides is 1. The monoisotopic (exact) mass is 360 g/mol. The number of nitro groups is 1. The molecule has 5 nitrogen and oxygen atoms in total. The van der Waals surface area contributed by atoms with Gasteiger partial charge in [0.05, 0.1) is 4.92 Å². The molecule has 112 valence electrons. The number of non-ortho nitro benzene ring substituents is 1. The van der Waals surface area contributed by atoms with Crippen molar-refractivity contribution >= 4 is 33.6 Å². The number of carbonyl (C=O) groups is 1. The smallest absolute Gasteiger partial charge is 0.269 e. The number of rotatable bonds is 5. The Balaban J connectivity index is 1.88. The second-order valence-electron chi connectivity index (χ2n) is 4.53. The van der Waals surface area contributed by atoms with Crippen LogP contribution >= 0.6 is 15.9 Å². The average Bonchev–Trinajstić information content (AvgIpc) is 2.52. The minimum Gasteiger partial charge on any atom is -0.348 e. The maximum Gasteiger partial charge on any atom is 0.269 e. The zero-order valence-electron chi connectivity index (χ0n) is 11.5. The quantitative estimate of drug-likeness (QED) is 0.502. The Morgan fingerprint density at radius 1 is 1.14 bits per heavy atom. The van der Waals surface area contributed by atoms with Crippen molar-refractivity contribution in [3.8, 4) is 0 Å². The van der Waals surface area contributed by atoms with E-state index in [9.17, 15) is 14.9 Å². The van der Waals surface area contributed by atoms with Gasteiger partial charge in [0.2, 0.25) is 5.91 Å². The third-order valence-corrected chi connectivity index (χ3v) is 3.44. The first-order chi connectivity index (χ1) is 10.5. The zero-order valence-corrected chi connectivity index (χ0v) is 13.1. The molecule has 0 heterocycles. The van der Waals surface area contributed by atoms with Gasteiger partial charge in [-0.05, 0) is 41.5 Å². The lowest BCUT2D eigenvalue weighted by Crippen LogP contribution is -2.20. The van der Waals surface area contributed by atoms with Crippen LogP contribution in [0.25, 0.3) is 6.08 Å². The summed E-state index contributed by atoms with van der Waals surface area (Å²) in [5, 5.41) is 13.3. The molecule has 0 fully saturated rings. The fraction of sp³-hybridized carbons (Fsp3) is 0.0625. The normalized spacial score (nSPS) is 10.6. The van der Waals surface area contributed by atoms with Gasteiger partial charge in [-0.25, -0.2) is 0 Å². The molecule has 6 heteroatoms. The van der Waals surface area contributed by atoms with E-state index in [0.717, 1.165) is 15.6 Å². The van der Waals surface area contributed by atoms with E-state index >= 15 is 0 Å². The van der Waals surface area contributed by atoms with E-state index in [1.54, 1.807) is 18.2 Å². The van der Waals surface area contributed by atoms with Crippen molar-refractivity contribution in [2.45, 2.75) is 6.54 Å². The van der Waals surface area contributed by atoms with E-state index in [2.05, 4.69) is 21.2 Å². The highest BCUT2D eigenvalue weighted by molar-refractivity contribution is 9.10. The van der Waals surface area contributed by atoms with Gasteiger partial charge in [0, 0.05) is 29.2 Å². The van der Waals surface area contributed by atoms with E-state index in [1.807, 2.05) is 24.3 Å². The van der Waals surface area contributed by atoms with Crippen LogP contribution in [0.5, 0.6) is 0 Å². The highest BCUT2D eigenvalue weighted by atomic mass is 79.9. The van der Waals surface area contributed by atoms with E-state index < -0.39 is 4.92 Å². The highest BCUT2D eigenvalue weighted by Gasteiger charge is 2.02. The Morgan fingerprint density at radius 2 is 1.77 bits per heavy atom. The van der Waals surface area contributed by atoms with Crippen LogP contribution in [0.2, 0.25) is 0 Å². The molecule has 2 aromatic carbocycles. The molecular weight excluding hydrogens is 348 g/mol. The lowest BCUT2D eigenvalue weighted by molar-refractivity contribution is -0.384. The number of halogens is 1. The minimum absolute atomic E-state index is 0.0249. The standard InChI is InChI=1S/C16H13BrN2O3/c17-14-6-1-13(2-7-14)11-18-16(20)10-5-12-3-8-15(9-4-12)19(21)22/h1-10H,11H2,(H,18,20)/b10-5+. The van der Waals surface area contributed by atoms with Gasteiger partial charge in [-0.1, -0.05) is 28.1 Å². The van der Waals surface area contributed by atoms with Crippen molar-refractivity contribution in [1.29, 1.82) is 0 Å². The summed E-state index contributed by atoms with van der Waals surface area (Å²) in [6.07, 6.45) is 3.01. The molecule has 22 heavy (non-hydrogen) atoms. The molecular formula is C16H13BrN2O3. The van der Waals surface area contributed by atoms with Crippen molar-refractivity contribution in [2.24, 2.45) is 0 Å². The number of hydrogen-bond acceptors (Lipinski definition) is 3. The number of hydrogen-bond donors (Lipinski definition) is 1. The van der Waals surface area contributed by atoms with E-state index in [-0.39, 0.29) is 11.6 Å². The van der Waals surface area contributed by atoms with E-state index in [4.69, 9.17) is 0 Å². The summed E-state index contributed by atoms with van der Waals surface area (Å²) in [5.41, 5.74) is 1.75. The Hall–Kier alpha value is -2.47. The van der Waals surface area contributed by atoms with Crippen LogP contribution < -0.4 is 5.32 Å². The third-order valence-electron chi connectivity index (χ3n) is 2.91. The molecule has 0 spiro atoms. The number of nitrogens with one attached hydrogen (secondary N) is 1. The molecule has 0 aliphatic heterocycles. The van der Waals surface area contributed by atoms with Crippen molar-refractivity contribution in [3.63, 3.8) is 0 Å². The molecule has 0 saturated heterocycles. The number of nitro benzene ring substituents is 1. The molecule has 0 radical (unpaired) electrons. The summed E-state index contributed by atoms with van der Waals surface area (Å²) >= 11 is 3.35. The van der Waals surface area contributed by atoms with Crippen LogP contribution in [-0.4, -0.2) is 10.8 Å². The van der Waals surface area contributed by atoms with Crippen LogP contribution in [0, 0.1) is 10.1 Å². The highest BCUT2D eigenvalue weighted by Crippen LogP contribution is 2.13. The van der Waals surface area contributed by atoms with Gasteiger partial charge in [-0.2, -0.15) is 0 Å². The maximum absolute atomic E-state index is 11.7. The van der Waals surface area contributed by atoms with Gasteiger partial charge in [0.25, 0.3) is 5.69 Å². The fourth-order valence-electron chi connectivity index (χ4n) is 1.73. The van der Waals surface area contributed by atoms with E-state index in [0.29, 0.717) is 6.54 Å². The van der Waals surface area contributed by atoms with Crippen LogP contribution in [0.15, 0.2) is 59.1 Å². The lowest BCUT2D eigenvalue weighted by atomic mass is 10.2. The number of nitrogens with zero attached hydrogens (tertiary/aromatic N) is 1. The van der Waals surface area contributed by atoms with Gasteiger partial charge in [-0.3, -0.25) is 14.9 Å². The Bertz CT molecular complexity index is 694. The summed E-state index contributed by atoms with van der Waals surface area (Å²) in [6.45, 7) is 0.441. The Labute approximate surface area is 135 Å². The summed E-state index contributed by atoms with van der Waals surface area (Å²) in [5.74, 6) is -0.221. The van der Waals surface area contributed by atoms with Gasteiger partial charge in [0.15, 0.2) is 0 Å². The summed E-state index contributed by atoms with van der Waals surface area (Å²) in [6, 6.07) is 13.7. The van der Waals surface area contributed by atoms with Crippen LogP contribution in [-0.2, 0) is 11.3 Å². The molecule has 0 unspecified atom stereocenters. The van der Waals surface area contributed by atoms with Crippen molar-refractivity contribution in [3.05, 3.63) is 80.3 Å². The number of benzene rings is 2. The second kappa shape index (κ2) is 7.51. The molecule has 0 bridgehead atoms. The third kappa shape index (κ3) is 4.82. The fourth-order valence-corrected chi connectivity index (χ4v) is 1.99. The zero-order chi connectivity index (χ0) is 15.9. The first-order valence-corrected chi connectivity index (χ1v) is 7.29. The SMILES string of the molecule is O=C(/C=C/c1ccc([N+](=O)[O-])cc1)NCc1ccc(Br)cc1. The van der Waals surface area contributed by atoms with Crippen LogP contribution in [0.4, 0.5) is 5.69 Å². The Kier molecular flexibility index (Phi) is 5.43. The summed E-state index contributed by atoms with van der Waals surface area (Å²) in [7, 11) is 0. The molecule has 2 aromatic rings. The van der Waals surface area contributed by atoms with Gasteiger partial charge in [-0.15, -0.1) is 0 Å². The molecule has 0 atom stereocenters. The van der Waals surface area contributed by atoms with Crippen LogP contribution in [0.3, 0.4) is 0 Å². The first kappa shape index (κ1) is 15.9. The molecule has 0 aromatic heterocycles. The second-order valence-corrected chi connectivity index (χ2v) is 5.44. The molecule has 0 aliphatic rings. The van der Waals surface area contributed by atoms with Gasteiger partial charge >= 0.3 is 0 Å². The predicted octanol–water partition coefficient (Wildman–Crippen LogP) is 3.69. The largest absolute Gasteiger partial charge is 0.348 e. The average molecular weight is 361 g/mol. The molecule has 0 saturated carbocycles.